The van der Waals surface area contributed by atoms with Gasteiger partial charge in [0.25, 0.3) is 0 Å². The fourth-order valence-corrected chi connectivity index (χ4v) is 3.85. The SMILES string of the molecule is CC(N)C1CCCN(C(=O)C2CCN(c3cccc(Cl)c3)C2=O)C1.Cl. The van der Waals surface area contributed by atoms with Gasteiger partial charge in [-0.3, -0.25) is 9.59 Å². The number of carbonyl (C=O) groups excluding carboxylic acids is 2. The molecule has 0 aliphatic carbocycles. The minimum atomic E-state index is -0.573. The number of rotatable bonds is 3. The van der Waals surface area contributed by atoms with Crippen molar-refractivity contribution in [2.45, 2.75) is 32.2 Å². The lowest BCUT2D eigenvalue weighted by atomic mass is 9.91. The summed E-state index contributed by atoms with van der Waals surface area (Å²) in [7, 11) is 0. The third-order valence-corrected chi connectivity index (χ3v) is 5.37. The molecule has 7 heteroatoms. The summed E-state index contributed by atoms with van der Waals surface area (Å²) >= 11 is 6.01. The third-order valence-electron chi connectivity index (χ3n) is 5.14. The quantitative estimate of drug-likeness (QED) is 0.813. The number of hydrogen-bond donors (Lipinski definition) is 1. The molecule has 2 saturated heterocycles. The maximum atomic E-state index is 12.8. The van der Waals surface area contributed by atoms with Crippen molar-refractivity contribution in [2.75, 3.05) is 24.5 Å². The van der Waals surface area contributed by atoms with E-state index in [2.05, 4.69) is 0 Å². The zero-order chi connectivity index (χ0) is 17.3. The van der Waals surface area contributed by atoms with Crippen LogP contribution in [0.3, 0.4) is 0 Å². The zero-order valence-electron chi connectivity index (χ0n) is 14.4. The fraction of sp³-hybridized carbons (Fsp3) is 0.556. The van der Waals surface area contributed by atoms with Gasteiger partial charge in [0, 0.05) is 36.4 Å². The van der Waals surface area contributed by atoms with Crippen LogP contribution in [0.2, 0.25) is 5.02 Å². The predicted molar refractivity (Wildman–Crippen MR) is 102 cm³/mol. The summed E-state index contributed by atoms with van der Waals surface area (Å²) in [6.45, 7) is 3.93. The largest absolute Gasteiger partial charge is 0.342 e. The van der Waals surface area contributed by atoms with E-state index in [1.54, 1.807) is 17.0 Å². The summed E-state index contributed by atoms with van der Waals surface area (Å²) in [5, 5.41) is 0.589. The van der Waals surface area contributed by atoms with Crippen LogP contribution in [0.25, 0.3) is 0 Å². The molecule has 2 heterocycles. The summed E-state index contributed by atoms with van der Waals surface area (Å²) in [6, 6.07) is 7.28. The van der Waals surface area contributed by atoms with Gasteiger partial charge >= 0.3 is 0 Å². The first-order valence-corrected chi connectivity index (χ1v) is 8.96. The van der Waals surface area contributed by atoms with Gasteiger partial charge in [0.15, 0.2) is 0 Å². The predicted octanol–water partition coefficient (Wildman–Crippen LogP) is 2.70. The molecule has 0 saturated carbocycles. The van der Waals surface area contributed by atoms with Crippen LogP contribution in [-0.2, 0) is 9.59 Å². The summed E-state index contributed by atoms with van der Waals surface area (Å²) in [5.41, 5.74) is 6.76. The molecule has 3 atom stereocenters. The van der Waals surface area contributed by atoms with Crippen LogP contribution in [0, 0.1) is 11.8 Å². The molecule has 138 valence electrons. The Balaban J connectivity index is 0.00000225. The van der Waals surface area contributed by atoms with Gasteiger partial charge in [0.05, 0.1) is 0 Å². The summed E-state index contributed by atoms with van der Waals surface area (Å²) in [5.74, 6) is -0.417. The number of hydrogen-bond acceptors (Lipinski definition) is 3. The van der Waals surface area contributed by atoms with E-state index in [1.165, 1.54) is 0 Å². The lowest BCUT2D eigenvalue weighted by Gasteiger charge is -2.35. The Morgan fingerprint density at radius 2 is 2.08 bits per heavy atom. The highest BCUT2D eigenvalue weighted by Gasteiger charge is 2.40. The van der Waals surface area contributed by atoms with Crippen molar-refractivity contribution in [2.24, 2.45) is 17.6 Å². The normalized spacial score (nSPS) is 24.8. The van der Waals surface area contributed by atoms with E-state index >= 15 is 0 Å². The topological polar surface area (TPSA) is 66.6 Å². The van der Waals surface area contributed by atoms with E-state index in [9.17, 15) is 9.59 Å². The molecule has 0 radical (unpaired) electrons. The van der Waals surface area contributed by atoms with Crippen molar-refractivity contribution in [3.05, 3.63) is 29.3 Å². The average Bonchev–Trinajstić information content (AvgIpc) is 2.96. The number of anilines is 1. The second-order valence-corrected chi connectivity index (χ2v) is 7.29. The smallest absolute Gasteiger partial charge is 0.239 e. The molecule has 3 unspecified atom stereocenters. The number of nitrogens with two attached hydrogens (primary N) is 1. The van der Waals surface area contributed by atoms with Gasteiger partial charge in [-0.15, -0.1) is 12.4 Å². The second kappa shape index (κ2) is 8.39. The van der Waals surface area contributed by atoms with Crippen LogP contribution < -0.4 is 10.6 Å². The molecular formula is C18H25Cl2N3O2. The first-order valence-electron chi connectivity index (χ1n) is 8.58. The molecule has 0 spiro atoms. The third kappa shape index (κ3) is 4.27. The molecule has 25 heavy (non-hydrogen) atoms. The molecule has 2 N–H and O–H groups in total. The minimum absolute atomic E-state index is 0. The Bertz CT molecular complexity index is 639. The van der Waals surface area contributed by atoms with E-state index in [0.29, 0.717) is 30.5 Å². The molecule has 5 nitrogen and oxygen atoms in total. The first-order chi connectivity index (χ1) is 11.5. The van der Waals surface area contributed by atoms with E-state index < -0.39 is 5.92 Å². The number of amides is 2. The second-order valence-electron chi connectivity index (χ2n) is 6.86. The Hall–Kier alpha value is -1.30. The van der Waals surface area contributed by atoms with Gasteiger partial charge in [0.1, 0.15) is 5.92 Å². The van der Waals surface area contributed by atoms with Crippen LogP contribution in [0.4, 0.5) is 5.69 Å². The molecule has 2 aliphatic rings. The molecule has 2 amide bonds. The Kier molecular flexibility index (Phi) is 6.72. The van der Waals surface area contributed by atoms with Crippen molar-refractivity contribution in [3.63, 3.8) is 0 Å². The van der Waals surface area contributed by atoms with E-state index in [0.717, 1.165) is 25.1 Å². The minimum Gasteiger partial charge on any atom is -0.342 e. The Morgan fingerprint density at radius 3 is 2.76 bits per heavy atom. The summed E-state index contributed by atoms with van der Waals surface area (Å²) in [6.07, 6.45) is 2.56. The van der Waals surface area contributed by atoms with Gasteiger partial charge in [-0.2, -0.15) is 0 Å². The van der Waals surface area contributed by atoms with Gasteiger partial charge in [-0.1, -0.05) is 17.7 Å². The van der Waals surface area contributed by atoms with Crippen LogP contribution >= 0.6 is 24.0 Å². The van der Waals surface area contributed by atoms with Crippen molar-refractivity contribution < 1.29 is 9.59 Å². The highest BCUT2D eigenvalue weighted by atomic mass is 35.5. The zero-order valence-corrected chi connectivity index (χ0v) is 15.9. The number of carbonyl (C=O) groups is 2. The maximum Gasteiger partial charge on any atom is 0.239 e. The molecule has 3 rings (SSSR count). The molecule has 1 aromatic carbocycles. The van der Waals surface area contributed by atoms with Crippen LogP contribution in [-0.4, -0.2) is 42.4 Å². The van der Waals surface area contributed by atoms with E-state index in [4.69, 9.17) is 17.3 Å². The van der Waals surface area contributed by atoms with Crippen molar-refractivity contribution >= 4 is 41.5 Å². The van der Waals surface area contributed by atoms with Crippen LogP contribution in [0.1, 0.15) is 26.2 Å². The molecule has 2 fully saturated rings. The molecular weight excluding hydrogens is 361 g/mol. The van der Waals surface area contributed by atoms with Gasteiger partial charge in [-0.25, -0.2) is 0 Å². The lowest BCUT2D eigenvalue weighted by Crippen LogP contribution is -2.48. The van der Waals surface area contributed by atoms with Gasteiger partial charge < -0.3 is 15.5 Å². The Labute approximate surface area is 159 Å². The van der Waals surface area contributed by atoms with Crippen molar-refractivity contribution in [1.82, 2.24) is 4.90 Å². The van der Waals surface area contributed by atoms with E-state index in [1.807, 2.05) is 24.0 Å². The number of likely N-dealkylation sites (tertiary alicyclic amines) is 1. The highest BCUT2D eigenvalue weighted by molar-refractivity contribution is 6.31. The van der Waals surface area contributed by atoms with Crippen molar-refractivity contribution in [3.8, 4) is 0 Å². The molecule has 0 aromatic heterocycles. The number of piperidine rings is 1. The maximum absolute atomic E-state index is 12.8. The number of halogens is 2. The van der Waals surface area contributed by atoms with Crippen molar-refractivity contribution in [1.29, 1.82) is 0 Å². The Morgan fingerprint density at radius 1 is 1.32 bits per heavy atom. The standard InChI is InChI=1S/C18H24ClN3O2.ClH/c1-12(20)13-4-3-8-21(11-13)17(23)16-7-9-22(18(16)24)15-6-2-5-14(19)10-15;/h2,5-6,10,12-13,16H,3-4,7-9,11,20H2,1H3;1H. The molecule has 1 aromatic rings. The monoisotopic (exact) mass is 385 g/mol. The van der Waals surface area contributed by atoms with Gasteiger partial charge in [0.2, 0.25) is 11.8 Å². The molecule has 2 aliphatic heterocycles. The van der Waals surface area contributed by atoms with Crippen LogP contribution in [0.15, 0.2) is 24.3 Å². The van der Waals surface area contributed by atoms with Gasteiger partial charge in [-0.05, 0) is 50.3 Å². The summed E-state index contributed by atoms with van der Waals surface area (Å²) in [4.78, 5) is 29.1. The first kappa shape index (κ1) is 20.0. The van der Waals surface area contributed by atoms with Crippen LogP contribution in [0.5, 0.6) is 0 Å². The molecule has 0 bridgehead atoms. The highest BCUT2D eigenvalue weighted by Crippen LogP contribution is 2.29. The lowest BCUT2D eigenvalue weighted by molar-refractivity contribution is -0.141. The van der Waals surface area contributed by atoms with E-state index in [-0.39, 0.29) is 30.3 Å². The number of benzene rings is 1. The summed E-state index contributed by atoms with van der Waals surface area (Å²) < 4.78 is 0. The fourth-order valence-electron chi connectivity index (χ4n) is 3.67. The average molecular weight is 386 g/mol. The number of nitrogens with zero attached hydrogens (tertiary/aromatic N) is 2.